The van der Waals surface area contributed by atoms with Crippen molar-refractivity contribution in [3.8, 4) is 0 Å². The van der Waals surface area contributed by atoms with Gasteiger partial charge in [-0.15, -0.1) is 0 Å². The zero-order valence-corrected chi connectivity index (χ0v) is 14.0. The third-order valence-corrected chi connectivity index (χ3v) is 4.53. The molecule has 0 aliphatic rings. The van der Waals surface area contributed by atoms with Crippen LogP contribution >= 0.6 is 0 Å². The monoisotopic (exact) mass is 312 g/mol. The van der Waals surface area contributed by atoms with Crippen LogP contribution < -0.4 is 0 Å². The molecule has 0 radical (unpaired) electrons. The van der Waals surface area contributed by atoms with E-state index in [1.807, 2.05) is 45.0 Å². The standard InChI is InChI=1S/C15H24N2O3S/c1-5-16(6-2)15(18)12-17(21(4,19)20)11-14-9-7-8-13(3)10-14/h7-10H,5-6,11-12H2,1-4H3. The maximum absolute atomic E-state index is 12.1. The smallest absolute Gasteiger partial charge is 0.237 e. The van der Waals surface area contributed by atoms with Crippen LogP contribution in [0, 0.1) is 6.92 Å². The van der Waals surface area contributed by atoms with E-state index in [2.05, 4.69) is 0 Å². The van der Waals surface area contributed by atoms with Gasteiger partial charge in [-0.3, -0.25) is 4.79 Å². The summed E-state index contributed by atoms with van der Waals surface area (Å²) in [5, 5.41) is 0. The highest BCUT2D eigenvalue weighted by molar-refractivity contribution is 7.88. The lowest BCUT2D eigenvalue weighted by molar-refractivity contribution is -0.131. The first-order valence-corrected chi connectivity index (χ1v) is 8.91. The number of likely N-dealkylation sites (N-methyl/N-ethyl adjacent to an activating group) is 1. The number of carbonyl (C=O) groups is 1. The van der Waals surface area contributed by atoms with E-state index in [1.54, 1.807) is 4.90 Å². The molecule has 0 spiro atoms. The Labute approximate surface area is 127 Å². The lowest BCUT2D eigenvalue weighted by atomic mass is 10.1. The zero-order chi connectivity index (χ0) is 16.0. The Morgan fingerprint density at radius 3 is 2.29 bits per heavy atom. The molecular weight excluding hydrogens is 288 g/mol. The van der Waals surface area contributed by atoms with Crippen molar-refractivity contribution in [1.82, 2.24) is 9.21 Å². The summed E-state index contributed by atoms with van der Waals surface area (Å²) in [6.45, 7) is 6.98. The molecule has 118 valence electrons. The first kappa shape index (κ1) is 17.7. The maximum atomic E-state index is 12.1. The highest BCUT2D eigenvalue weighted by Crippen LogP contribution is 2.11. The fourth-order valence-electron chi connectivity index (χ4n) is 2.13. The fourth-order valence-corrected chi connectivity index (χ4v) is 2.86. The van der Waals surface area contributed by atoms with Crippen molar-refractivity contribution >= 4 is 15.9 Å². The Balaban J connectivity index is 2.90. The SMILES string of the molecule is CCN(CC)C(=O)CN(Cc1cccc(C)c1)S(C)(=O)=O. The van der Waals surface area contributed by atoms with E-state index in [-0.39, 0.29) is 19.0 Å². The Kier molecular flexibility index (Phi) is 6.36. The van der Waals surface area contributed by atoms with Crippen molar-refractivity contribution in [3.63, 3.8) is 0 Å². The number of nitrogens with zero attached hydrogens (tertiary/aromatic N) is 2. The molecule has 0 saturated heterocycles. The molecule has 21 heavy (non-hydrogen) atoms. The minimum atomic E-state index is -3.44. The number of benzene rings is 1. The Bertz CT molecular complexity index is 580. The van der Waals surface area contributed by atoms with E-state index in [0.717, 1.165) is 17.4 Å². The van der Waals surface area contributed by atoms with Gasteiger partial charge in [0.2, 0.25) is 15.9 Å². The van der Waals surface area contributed by atoms with Crippen molar-refractivity contribution in [2.45, 2.75) is 27.3 Å². The quantitative estimate of drug-likeness (QED) is 0.769. The maximum Gasteiger partial charge on any atom is 0.237 e. The third kappa shape index (κ3) is 5.47. The molecule has 0 unspecified atom stereocenters. The largest absolute Gasteiger partial charge is 0.342 e. The lowest BCUT2D eigenvalue weighted by Crippen LogP contribution is -2.42. The molecule has 0 bridgehead atoms. The predicted octanol–water partition coefficient (Wildman–Crippen LogP) is 1.63. The Hall–Kier alpha value is -1.40. The molecule has 6 heteroatoms. The molecule has 0 atom stereocenters. The van der Waals surface area contributed by atoms with Gasteiger partial charge in [-0.2, -0.15) is 4.31 Å². The van der Waals surface area contributed by atoms with Crippen molar-refractivity contribution in [2.24, 2.45) is 0 Å². The number of amides is 1. The molecule has 0 aliphatic heterocycles. The number of hydrogen-bond donors (Lipinski definition) is 0. The summed E-state index contributed by atoms with van der Waals surface area (Å²) >= 11 is 0. The lowest BCUT2D eigenvalue weighted by Gasteiger charge is -2.24. The van der Waals surface area contributed by atoms with Gasteiger partial charge in [0, 0.05) is 19.6 Å². The number of rotatable bonds is 7. The number of sulfonamides is 1. The van der Waals surface area contributed by atoms with Crippen LogP contribution in [0.2, 0.25) is 0 Å². The molecule has 0 N–H and O–H groups in total. The van der Waals surface area contributed by atoms with E-state index in [4.69, 9.17) is 0 Å². The summed E-state index contributed by atoms with van der Waals surface area (Å²) in [7, 11) is -3.44. The zero-order valence-electron chi connectivity index (χ0n) is 13.2. The van der Waals surface area contributed by atoms with Crippen LogP contribution in [0.3, 0.4) is 0 Å². The van der Waals surface area contributed by atoms with E-state index >= 15 is 0 Å². The molecule has 0 aromatic heterocycles. The van der Waals surface area contributed by atoms with Gasteiger partial charge in [-0.1, -0.05) is 29.8 Å². The van der Waals surface area contributed by atoms with Crippen LogP contribution in [0.25, 0.3) is 0 Å². The first-order valence-electron chi connectivity index (χ1n) is 7.06. The molecule has 1 amide bonds. The number of hydrogen-bond acceptors (Lipinski definition) is 3. The summed E-state index contributed by atoms with van der Waals surface area (Å²) in [6.07, 6.45) is 1.14. The molecule has 1 aromatic rings. The Morgan fingerprint density at radius 2 is 1.81 bits per heavy atom. The summed E-state index contributed by atoms with van der Waals surface area (Å²) in [6, 6.07) is 7.64. The van der Waals surface area contributed by atoms with Crippen LogP contribution in [-0.4, -0.2) is 49.4 Å². The molecule has 0 saturated carbocycles. The van der Waals surface area contributed by atoms with Crippen molar-refractivity contribution in [1.29, 1.82) is 0 Å². The van der Waals surface area contributed by atoms with E-state index in [9.17, 15) is 13.2 Å². The number of aryl methyl sites for hydroxylation is 1. The van der Waals surface area contributed by atoms with Gasteiger partial charge < -0.3 is 4.90 Å². The van der Waals surface area contributed by atoms with Gasteiger partial charge in [-0.05, 0) is 26.3 Å². The van der Waals surface area contributed by atoms with Gasteiger partial charge >= 0.3 is 0 Å². The van der Waals surface area contributed by atoms with Crippen LogP contribution in [0.1, 0.15) is 25.0 Å². The predicted molar refractivity (Wildman–Crippen MR) is 84.4 cm³/mol. The highest BCUT2D eigenvalue weighted by Gasteiger charge is 2.22. The van der Waals surface area contributed by atoms with Crippen LogP contribution in [-0.2, 0) is 21.4 Å². The van der Waals surface area contributed by atoms with E-state index in [0.29, 0.717) is 13.1 Å². The van der Waals surface area contributed by atoms with Crippen LogP contribution in [0.4, 0.5) is 0 Å². The van der Waals surface area contributed by atoms with Crippen molar-refractivity contribution < 1.29 is 13.2 Å². The minimum Gasteiger partial charge on any atom is -0.342 e. The summed E-state index contributed by atoms with van der Waals surface area (Å²) in [5.74, 6) is -0.168. The van der Waals surface area contributed by atoms with E-state index in [1.165, 1.54) is 4.31 Å². The van der Waals surface area contributed by atoms with Gasteiger partial charge in [0.05, 0.1) is 12.8 Å². The summed E-state index contributed by atoms with van der Waals surface area (Å²) in [5.41, 5.74) is 1.95. The fraction of sp³-hybridized carbons (Fsp3) is 0.533. The number of carbonyl (C=O) groups excluding carboxylic acids is 1. The van der Waals surface area contributed by atoms with Gasteiger partial charge in [0.1, 0.15) is 0 Å². The summed E-state index contributed by atoms with van der Waals surface area (Å²) in [4.78, 5) is 13.8. The minimum absolute atomic E-state index is 0.117. The molecule has 0 fully saturated rings. The molecule has 5 nitrogen and oxygen atoms in total. The van der Waals surface area contributed by atoms with Crippen molar-refractivity contribution in [2.75, 3.05) is 25.9 Å². The summed E-state index contributed by atoms with van der Waals surface area (Å²) < 4.78 is 25.0. The average Bonchev–Trinajstić information content (AvgIpc) is 2.38. The Morgan fingerprint density at radius 1 is 1.19 bits per heavy atom. The van der Waals surface area contributed by atoms with Crippen LogP contribution in [0.5, 0.6) is 0 Å². The first-order chi connectivity index (χ1) is 9.77. The molecule has 1 aromatic carbocycles. The van der Waals surface area contributed by atoms with E-state index < -0.39 is 10.0 Å². The second kappa shape index (κ2) is 7.56. The van der Waals surface area contributed by atoms with Gasteiger partial charge in [0.15, 0.2) is 0 Å². The second-order valence-corrected chi connectivity index (χ2v) is 7.07. The average molecular weight is 312 g/mol. The van der Waals surface area contributed by atoms with Gasteiger partial charge in [0.25, 0.3) is 0 Å². The third-order valence-electron chi connectivity index (χ3n) is 3.34. The van der Waals surface area contributed by atoms with Crippen LogP contribution in [0.15, 0.2) is 24.3 Å². The highest BCUT2D eigenvalue weighted by atomic mass is 32.2. The normalized spacial score (nSPS) is 11.7. The second-order valence-electron chi connectivity index (χ2n) is 5.09. The topological polar surface area (TPSA) is 57.7 Å². The van der Waals surface area contributed by atoms with Gasteiger partial charge in [-0.25, -0.2) is 8.42 Å². The van der Waals surface area contributed by atoms with Crippen molar-refractivity contribution in [3.05, 3.63) is 35.4 Å². The molecule has 1 rings (SSSR count). The molecular formula is C15H24N2O3S. The molecule has 0 heterocycles. The molecule has 0 aliphatic carbocycles.